The molecule has 3 nitrogen and oxygen atoms in total. The van der Waals surface area contributed by atoms with Crippen LogP contribution in [0.2, 0.25) is 0 Å². The number of halogens is 1. The Balaban J connectivity index is 1.64. The minimum Gasteiger partial charge on any atom is -0.481 e. The highest BCUT2D eigenvalue weighted by Gasteiger charge is 2.21. The number of hydrogen-bond donors (Lipinski definition) is 1. The number of rotatable bonds is 6. The average molecular weight is 355 g/mol. The monoisotopic (exact) mass is 355 g/mol. The number of fused-ring (bicyclic) bond motifs is 1. The van der Waals surface area contributed by atoms with E-state index in [2.05, 4.69) is 17.4 Å². The van der Waals surface area contributed by atoms with Crippen LogP contribution in [0.4, 0.5) is 4.39 Å². The van der Waals surface area contributed by atoms with Gasteiger partial charge in [0.25, 0.3) is 5.91 Å². The molecule has 2 aromatic carbocycles. The van der Waals surface area contributed by atoms with Gasteiger partial charge in [-0.15, -0.1) is 0 Å². The Morgan fingerprint density at radius 2 is 1.81 bits per heavy atom. The highest BCUT2D eigenvalue weighted by molar-refractivity contribution is 5.81. The second-order valence-corrected chi connectivity index (χ2v) is 6.93. The molecular formula is C22H26FNO2. The van der Waals surface area contributed by atoms with Crippen LogP contribution in [0, 0.1) is 5.82 Å². The largest absolute Gasteiger partial charge is 0.481 e. The number of benzene rings is 2. The van der Waals surface area contributed by atoms with Crippen molar-refractivity contribution in [1.82, 2.24) is 5.32 Å². The Kier molecular flexibility index (Phi) is 5.92. The lowest BCUT2D eigenvalue weighted by Gasteiger charge is -2.22. The summed E-state index contributed by atoms with van der Waals surface area (Å²) < 4.78 is 19.0. The highest BCUT2D eigenvalue weighted by atomic mass is 19.1. The Bertz CT molecular complexity index is 757. The van der Waals surface area contributed by atoms with Crippen molar-refractivity contribution in [3.05, 3.63) is 65.0 Å². The summed E-state index contributed by atoms with van der Waals surface area (Å²) >= 11 is 0. The van der Waals surface area contributed by atoms with Gasteiger partial charge in [-0.3, -0.25) is 4.79 Å². The zero-order valence-corrected chi connectivity index (χ0v) is 15.4. The van der Waals surface area contributed by atoms with Crippen LogP contribution < -0.4 is 10.1 Å². The van der Waals surface area contributed by atoms with E-state index in [9.17, 15) is 9.18 Å². The molecular weight excluding hydrogens is 329 g/mol. The first-order chi connectivity index (χ1) is 12.6. The Morgan fingerprint density at radius 3 is 2.50 bits per heavy atom. The zero-order chi connectivity index (χ0) is 18.5. The summed E-state index contributed by atoms with van der Waals surface area (Å²) in [6, 6.07) is 12.1. The normalized spacial score (nSPS) is 15.7. The van der Waals surface area contributed by atoms with Gasteiger partial charge in [0.1, 0.15) is 11.6 Å². The molecule has 0 aromatic heterocycles. The van der Waals surface area contributed by atoms with Crippen LogP contribution in [0.25, 0.3) is 0 Å². The van der Waals surface area contributed by atoms with Crippen molar-refractivity contribution < 1.29 is 13.9 Å². The zero-order valence-electron chi connectivity index (χ0n) is 15.4. The lowest BCUT2D eigenvalue weighted by molar-refractivity contribution is -0.128. The lowest BCUT2D eigenvalue weighted by Crippen LogP contribution is -2.39. The van der Waals surface area contributed by atoms with E-state index in [0.29, 0.717) is 6.42 Å². The third-order valence-corrected chi connectivity index (χ3v) is 4.99. The Labute approximate surface area is 154 Å². The van der Waals surface area contributed by atoms with Gasteiger partial charge in [-0.25, -0.2) is 4.39 Å². The van der Waals surface area contributed by atoms with Crippen LogP contribution >= 0.6 is 0 Å². The van der Waals surface area contributed by atoms with Gasteiger partial charge >= 0.3 is 0 Å². The van der Waals surface area contributed by atoms with Gasteiger partial charge in [-0.05, 0) is 80.0 Å². The van der Waals surface area contributed by atoms with Crippen LogP contribution in [0.3, 0.4) is 0 Å². The molecule has 2 aromatic rings. The van der Waals surface area contributed by atoms with E-state index in [1.165, 1.54) is 36.1 Å². The first-order valence-electron chi connectivity index (χ1n) is 9.41. The van der Waals surface area contributed by atoms with Gasteiger partial charge in [0, 0.05) is 0 Å². The maximum atomic E-state index is 13.1. The van der Waals surface area contributed by atoms with E-state index in [4.69, 9.17) is 4.74 Å². The molecule has 0 fully saturated rings. The van der Waals surface area contributed by atoms with Gasteiger partial charge in [-0.1, -0.05) is 25.1 Å². The number of amides is 1. The molecule has 138 valence electrons. The molecule has 0 saturated heterocycles. The van der Waals surface area contributed by atoms with Gasteiger partial charge in [0.05, 0.1) is 6.04 Å². The van der Waals surface area contributed by atoms with Crippen molar-refractivity contribution >= 4 is 5.91 Å². The summed E-state index contributed by atoms with van der Waals surface area (Å²) in [6.45, 7) is 3.82. The molecule has 0 aliphatic heterocycles. The number of ether oxygens (including phenoxy) is 1. The summed E-state index contributed by atoms with van der Waals surface area (Å²) in [7, 11) is 0. The minimum atomic E-state index is -0.542. The number of hydrogen-bond acceptors (Lipinski definition) is 2. The summed E-state index contributed by atoms with van der Waals surface area (Å²) in [6.07, 6.45) is 4.70. The number of nitrogens with one attached hydrogen (secondary N) is 1. The van der Waals surface area contributed by atoms with E-state index in [-0.39, 0.29) is 17.8 Å². The van der Waals surface area contributed by atoms with E-state index < -0.39 is 6.10 Å². The molecule has 0 heterocycles. The molecule has 0 saturated carbocycles. The maximum absolute atomic E-state index is 13.1. The standard InChI is InChI=1S/C22H26FNO2/c1-3-21(22(25)24-15(2)16-8-11-19(23)12-9-16)26-20-13-10-17-6-4-5-7-18(17)14-20/h8-15,21H,3-7H2,1-2H3,(H,24,25)/t15-,21+/m1/s1. The van der Waals surface area contributed by atoms with Crippen LogP contribution in [-0.2, 0) is 17.6 Å². The van der Waals surface area contributed by atoms with Crippen molar-refractivity contribution in [1.29, 1.82) is 0 Å². The van der Waals surface area contributed by atoms with Crippen molar-refractivity contribution in [2.45, 2.75) is 58.1 Å². The van der Waals surface area contributed by atoms with E-state index in [1.54, 1.807) is 12.1 Å². The smallest absolute Gasteiger partial charge is 0.261 e. The summed E-state index contributed by atoms with van der Waals surface area (Å²) in [5.41, 5.74) is 3.60. The molecule has 3 rings (SSSR count). The lowest BCUT2D eigenvalue weighted by atomic mass is 9.92. The van der Waals surface area contributed by atoms with Crippen molar-refractivity contribution in [2.24, 2.45) is 0 Å². The maximum Gasteiger partial charge on any atom is 0.261 e. The average Bonchev–Trinajstić information content (AvgIpc) is 2.66. The van der Waals surface area contributed by atoms with Crippen LogP contribution in [0.15, 0.2) is 42.5 Å². The van der Waals surface area contributed by atoms with Crippen molar-refractivity contribution in [2.75, 3.05) is 0 Å². The predicted molar refractivity (Wildman–Crippen MR) is 101 cm³/mol. The second-order valence-electron chi connectivity index (χ2n) is 6.93. The Morgan fingerprint density at radius 1 is 1.12 bits per heavy atom. The molecule has 1 N–H and O–H groups in total. The number of aryl methyl sites for hydroxylation is 2. The highest BCUT2D eigenvalue weighted by Crippen LogP contribution is 2.26. The first-order valence-corrected chi connectivity index (χ1v) is 9.41. The fourth-order valence-electron chi connectivity index (χ4n) is 3.41. The summed E-state index contributed by atoms with van der Waals surface area (Å²) in [4.78, 5) is 12.6. The third kappa shape index (κ3) is 4.43. The van der Waals surface area contributed by atoms with Crippen molar-refractivity contribution in [3.63, 3.8) is 0 Å². The van der Waals surface area contributed by atoms with Crippen LogP contribution in [0.1, 0.15) is 55.8 Å². The molecule has 2 atom stereocenters. The van der Waals surface area contributed by atoms with Gasteiger partial charge in [0.2, 0.25) is 0 Å². The number of carbonyl (C=O) groups excluding carboxylic acids is 1. The SMILES string of the molecule is CC[C@H](Oc1ccc2c(c1)CCCC2)C(=O)N[C@H](C)c1ccc(F)cc1. The van der Waals surface area contributed by atoms with E-state index >= 15 is 0 Å². The molecule has 0 radical (unpaired) electrons. The molecule has 26 heavy (non-hydrogen) atoms. The van der Waals surface area contributed by atoms with E-state index in [1.807, 2.05) is 19.9 Å². The minimum absolute atomic E-state index is 0.151. The molecule has 0 bridgehead atoms. The number of carbonyl (C=O) groups is 1. The van der Waals surface area contributed by atoms with E-state index in [0.717, 1.165) is 24.2 Å². The molecule has 1 amide bonds. The van der Waals surface area contributed by atoms with Crippen molar-refractivity contribution in [3.8, 4) is 5.75 Å². The van der Waals surface area contributed by atoms with Gasteiger partial charge in [0.15, 0.2) is 6.10 Å². The fraction of sp³-hybridized carbons (Fsp3) is 0.409. The van der Waals surface area contributed by atoms with Crippen LogP contribution in [-0.4, -0.2) is 12.0 Å². The molecule has 1 aliphatic rings. The first kappa shape index (κ1) is 18.4. The summed E-state index contributed by atoms with van der Waals surface area (Å²) in [5, 5.41) is 2.96. The fourth-order valence-corrected chi connectivity index (χ4v) is 3.41. The quantitative estimate of drug-likeness (QED) is 0.813. The Hall–Kier alpha value is -2.36. The molecule has 0 unspecified atom stereocenters. The topological polar surface area (TPSA) is 38.3 Å². The third-order valence-electron chi connectivity index (χ3n) is 4.99. The van der Waals surface area contributed by atoms with Gasteiger partial charge < -0.3 is 10.1 Å². The molecule has 1 aliphatic carbocycles. The van der Waals surface area contributed by atoms with Crippen LogP contribution in [0.5, 0.6) is 5.75 Å². The summed E-state index contributed by atoms with van der Waals surface area (Å²) in [5.74, 6) is 0.318. The predicted octanol–water partition coefficient (Wildman–Crippen LogP) is 4.74. The second kappa shape index (κ2) is 8.35. The molecule has 0 spiro atoms. The van der Waals surface area contributed by atoms with Gasteiger partial charge in [-0.2, -0.15) is 0 Å². The molecule has 4 heteroatoms.